The van der Waals surface area contributed by atoms with Crippen molar-refractivity contribution in [2.75, 3.05) is 13.7 Å². The molecule has 1 amide bonds. The number of hydrogen-bond donors (Lipinski definition) is 1. The maximum atomic E-state index is 12.6. The average molecular weight is 420 g/mol. The predicted octanol–water partition coefficient (Wildman–Crippen LogP) is 5.44. The van der Waals surface area contributed by atoms with Gasteiger partial charge < -0.3 is 19.2 Å². The Labute approximate surface area is 183 Å². The van der Waals surface area contributed by atoms with Crippen LogP contribution < -0.4 is 14.8 Å². The summed E-state index contributed by atoms with van der Waals surface area (Å²) in [5.41, 5.74) is 4.95. The van der Waals surface area contributed by atoms with Crippen molar-refractivity contribution in [1.29, 1.82) is 0 Å². The highest BCUT2D eigenvalue weighted by atomic mass is 16.5. The van der Waals surface area contributed by atoms with Crippen LogP contribution in [0.5, 0.6) is 11.5 Å². The summed E-state index contributed by atoms with van der Waals surface area (Å²) in [5.74, 6) is 2.47. The molecule has 1 N–H and O–H groups in total. The molecule has 5 nitrogen and oxygen atoms in total. The van der Waals surface area contributed by atoms with Gasteiger partial charge in [-0.3, -0.25) is 4.79 Å². The third kappa shape index (κ3) is 4.61. The van der Waals surface area contributed by atoms with Crippen molar-refractivity contribution >= 4 is 22.4 Å². The lowest BCUT2D eigenvalue weighted by atomic mass is 9.94. The molecular formula is C26H29NO4. The van der Waals surface area contributed by atoms with Gasteiger partial charge in [-0.25, -0.2) is 0 Å². The molecule has 0 radical (unpaired) electrons. The van der Waals surface area contributed by atoms with Crippen molar-refractivity contribution in [3.63, 3.8) is 0 Å². The highest BCUT2D eigenvalue weighted by molar-refractivity contribution is 5.97. The van der Waals surface area contributed by atoms with Crippen LogP contribution in [0.3, 0.4) is 0 Å². The van der Waals surface area contributed by atoms with Gasteiger partial charge in [0, 0.05) is 41.6 Å². The van der Waals surface area contributed by atoms with E-state index in [-0.39, 0.29) is 5.91 Å². The van der Waals surface area contributed by atoms with Crippen LogP contribution in [0.2, 0.25) is 0 Å². The van der Waals surface area contributed by atoms with E-state index in [1.807, 2.05) is 44.2 Å². The standard InChI is InChI=1S/C26H29NO4/c1-4-30-24-15-25-22(20-10-5-6-11-23(20)31-25)14-21(24)17(2)12-26(28)27-16-18-8-7-9-19(13-18)29-3/h7-9,12-15H,4-6,10-11,16H2,1-3H3,(H,27,28)/b17-12+. The molecule has 1 heterocycles. The number of ether oxygens (including phenoxy) is 2. The smallest absolute Gasteiger partial charge is 0.244 e. The van der Waals surface area contributed by atoms with E-state index in [9.17, 15) is 4.79 Å². The molecular weight excluding hydrogens is 390 g/mol. The first-order valence-electron chi connectivity index (χ1n) is 10.9. The van der Waals surface area contributed by atoms with Crippen LogP contribution in [0, 0.1) is 0 Å². The lowest BCUT2D eigenvalue weighted by Crippen LogP contribution is -2.20. The van der Waals surface area contributed by atoms with E-state index in [2.05, 4.69) is 11.4 Å². The Morgan fingerprint density at radius 2 is 2.03 bits per heavy atom. The molecule has 0 spiro atoms. The van der Waals surface area contributed by atoms with Gasteiger partial charge in [0.2, 0.25) is 5.91 Å². The Bertz CT molecular complexity index is 1130. The number of allylic oxidation sites excluding steroid dienone is 1. The largest absolute Gasteiger partial charge is 0.497 e. The number of aryl methyl sites for hydroxylation is 2. The van der Waals surface area contributed by atoms with Gasteiger partial charge in [0.1, 0.15) is 22.8 Å². The zero-order valence-corrected chi connectivity index (χ0v) is 18.4. The van der Waals surface area contributed by atoms with Crippen LogP contribution >= 0.6 is 0 Å². The topological polar surface area (TPSA) is 60.7 Å². The zero-order chi connectivity index (χ0) is 21.8. The van der Waals surface area contributed by atoms with Gasteiger partial charge in [0.15, 0.2) is 0 Å². The van der Waals surface area contributed by atoms with Gasteiger partial charge >= 0.3 is 0 Å². The lowest BCUT2D eigenvalue weighted by molar-refractivity contribution is -0.116. The van der Waals surface area contributed by atoms with Crippen LogP contribution in [-0.4, -0.2) is 19.6 Å². The highest BCUT2D eigenvalue weighted by Crippen LogP contribution is 2.38. The molecule has 0 atom stereocenters. The number of carbonyl (C=O) groups is 1. The summed E-state index contributed by atoms with van der Waals surface area (Å²) in [5, 5.41) is 4.09. The van der Waals surface area contributed by atoms with Crippen molar-refractivity contribution in [1.82, 2.24) is 5.32 Å². The summed E-state index contributed by atoms with van der Waals surface area (Å²) in [6, 6.07) is 11.8. The molecule has 0 saturated heterocycles. The van der Waals surface area contributed by atoms with Gasteiger partial charge in [-0.2, -0.15) is 0 Å². The van der Waals surface area contributed by atoms with Gasteiger partial charge in [-0.05, 0) is 62.4 Å². The van der Waals surface area contributed by atoms with Crippen LogP contribution in [0.4, 0.5) is 0 Å². The number of amides is 1. The van der Waals surface area contributed by atoms with E-state index in [0.29, 0.717) is 13.2 Å². The first kappa shape index (κ1) is 21.0. The Balaban J connectivity index is 1.58. The van der Waals surface area contributed by atoms with Crippen LogP contribution in [0.25, 0.3) is 16.5 Å². The third-order valence-electron chi connectivity index (χ3n) is 5.73. The molecule has 0 bridgehead atoms. The molecule has 0 saturated carbocycles. The van der Waals surface area contributed by atoms with E-state index >= 15 is 0 Å². The van der Waals surface area contributed by atoms with Gasteiger partial charge in [-0.15, -0.1) is 0 Å². The quantitative estimate of drug-likeness (QED) is 0.518. The number of furan rings is 1. The fourth-order valence-corrected chi connectivity index (χ4v) is 4.17. The molecule has 2 aromatic carbocycles. The molecule has 31 heavy (non-hydrogen) atoms. The van der Waals surface area contributed by atoms with E-state index in [4.69, 9.17) is 13.9 Å². The molecule has 1 aliphatic carbocycles. The first-order valence-corrected chi connectivity index (χ1v) is 10.9. The molecule has 4 rings (SSSR count). The maximum absolute atomic E-state index is 12.6. The summed E-state index contributed by atoms with van der Waals surface area (Å²) in [6.07, 6.45) is 6.02. The molecule has 0 fully saturated rings. The van der Waals surface area contributed by atoms with E-state index < -0.39 is 0 Å². The third-order valence-corrected chi connectivity index (χ3v) is 5.73. The summed E-state index contributed by atoms with van der Waals surface area (Å²) in [6.45, 7) is 4.89. The van der Waals surface area contributed by atoms with Crippen molar-refractivity contribution < 1.29 is 18.7 Å². The monoisotopic (exact) mass is 419 g/mol. The first-order chi connectivity index (χ1) is 15.1. The second-order valence-electron chi connectivity index (χ2n) is 7.89. The lowest BCUT2D eigenvalue weighted by Gasteiger charge is -2.12. The van der Waals surface area contributed by atoms with Crippen molar-refractivity contribution in [3.05, 3.63) is 64.9 Å². The van der Waals surface area contributed by atoms with E-state index in [0.717, 1.165) is 57.8 Å². The predicted molar refractivity (Wildman–Crippen MR) is 123 cm³/mol. The molecule has 1 aromatic heterocycles. The van der Waals surface area contributed by atoms with Crippen LogP contribution in [0.1, 0.15) is 49.1 Å². The van der Waals surface area contributed by atoms with Crippen molar-refractivity contribution in [2.45, 2.75) is 46.1 Å². The van der Waals surface area contributed by atoms with Crippen LogP contribution in [-0.2, 0) is 24.2 Å². The van der Waals surface area contributed by atoms with E-state index in [1.54, 1.807) is 13.2 Å². The molecule has 3 aromatic rings. The van der Waals surface area contributed by atoms with Crippen molar-refractivity contribution in [3.8, 4) is 11.5 Å². The van der Waals surface area contributed by atoms with E-state index in [1.165, 1.54) is 18.4 Å². The van der Waals surface area contributed by atoms with Crippen LogP contribution in [0.15, 0.2) is 46.9 Å². The number of hydrogen-bond acceptors (Lipinski definition) is 4. The molecule has 0 unspecified atom stereocenters. The minimum atomic E-state index is -0.142. The van der Waals surface area contributed by atoms with Gasteiger partial charge in [0.05, 0.1) is 13.7 Å². The second kappa shape index (κ2) is 9.29. The summed E-state index contributed by atoms with van der Waals surface area (Å²) in [4.78, 5) is 12.6. The molecule has 1 aliphatic rings. The number of rotatable bonds is 7. The number of benzene rings is 2. The highest BCUT2D eigenvalue weighted by Gasteiger charge is 2.20. The number of nitrogens with one attached hydrogen (secondary N) is 1. The molecule has 0 aliphatic heterocycles. The normalized spacial score (nSPS) is 13.7. The maximum Gasteiger partial charge on any atom is 0.244 e. The molecule has 162 valence electrons. The Morgan fingerprint density at radius 3 is 2.84 bits per heavy atom. The van der Waals surface area contributed by atoms with Gasteiger partial charge in [-0.1, -0.05) is 12.1 Å². The Morgan fingerprint density at radius 1 is 1.19 bits per heavy atom. The zero-order valence-electron chi connectivity index (χ0n) is 18.4. The fourth-order valence-electron chi connectivity index (χ4n) is 4.17. The Kier molecular flexibility index (Phi) is 6.31. The second-order valence-corrected chi connectivity index (χ2v) is 7.89. The Hall–Kier alpha value is -3.21. The SMILES string of the molecule is CCOc1cc2oc3c(c2cc1/C(C)=C/C(=O)NCc1cccc(OC)c1)CCCC3. The summed E-state index contributed by atoms with van der Waals surface area (Å²) < 4.78 is 17.2. The molecule has 5 heteroatoms. The summed E-state index contributed by atoms with van der Waals surface area (Å²) >= 11 is 0. The van der Waals surface area contributed by atoms with Gasteiger partial charge in [0.25, 0.3) is 0 Å². The minimum Gasteiger partial charge on any atom is -0.497 e. The fraction of sp³-hybridized carbons (Fsp3) is 0.346. The number of fused-ring (bicyclic) bond motifs is 3. The summed E-state index contributed by atoms with van der Waals surface area (Å²) in [7, 11) is 1.63. The number of carbonyl (C=O) groups excluding carboxylic acids is 1. The number of methoxy groups -OCH3 is 1. The minimum absolute atomic E-state index is 0.142. The average Bonchev–Trinajstić information content (AvgIpc) is 3.15. The van der Waals surface area contributed by atoms with Crippen molar-refractivity contribution in [2.24, 2.45) is 0 Å².